The molecule has 1 fully saturated rings. The number of carbonyl (C=O) groups is 1. The lowest BCUT2D eigenvalue weighted by Gasteiger charge is -2.31. The molecule has 0 unspecified atom stereocenters. The maximum atomic E-state index is 12.1. The van der Waals surface area contributed by atoms with Crippen molar-refractivity contribution in [1.82, 2.24) is 10.2 Å². The van der Waals surface area contributed by atoms with Crippen LogP contribution in [0.25, 0.3) is 0 Å². The molecule has 0 aliphatic heterocycles. The van der Waals surface area contributed by atoms with Gasteiger partial charge in [0.25, 0.3) is 0 Å². The summed E-state index contributed by atoms with van der Waals surface area (Å²) < 4.78 is 0. The van der Waals surface area contributed by atoms with Crippen molar-refractivity contribution >= 4 is 6.03 Å². The summed E-state index contributed by atoms with van der Waals surface area (Å²) in [7, 11) is 1.93. The summed E-state index contributed by atoms with van der Waals surface area (Å²) in [5, 5.41) is 3.03. The first-order valence-electron chi connectivity index (χ1n) is 7.73. The molecule has 3 heteroatoms. The van der Waals surface area contributed by atoms with Crippen LogP contribution in [0.2, 0.25) is 0 Å². The van der Waals surface area contributed by atoms with E-state index in [4.69, 9.17) is 0 Å². The number of hydrogen-bond acceptors (Lipinski definition) is 1. The summed E-state index contributed by atoms with van der Waals surface area (Å²) in [6.07, 6.45) is 7.03. The summed E-state index contributed by atoms with van der Waals surface area (Å²) in [6.45, 7) is 2.80. The van der Waals surface area contributed by atoms with Crippen LogP contribution >= 0.6 is 0 Å². The Morgan fingerprint density at radius 3 is 2.75 bits per heavy atom. The van der Waals surface area contributed by atoms with E-state index < -0.39 is 0 Å². The number of aryl methyl sites for hydroxylation is 1. The Bertz CT molecular complexity index is 438. The van der Waals surface area contributed by atoms with Gasteiger partial charge in [-0.1, -0.05) is 49.1 Å². The normalized spacial score (nSPS) is 15.9. The van der Waals surface area contributed by atoms with Gasteiger partial charge in [0.2, 0.25) is 0 Å². The monoisotopic (exact) mass is 274 g/mol. The highest BCUT2D eigenvalue weighted by Gasteiger charge is 2.21. The van der Waals surface area contributed by atoms with E-state index in [9.17, 15) is 4.79 Å². The zero-order valence-electron chi connectivity index (χ0n) is 12.7. The number of nitrogens with zero attached hydrogens (tertiary/aromatic N) is 1. The minimum atomic E-state index is 0.0737. The summed E-state index contributed by atoms with van der Waals surface area (Å²) in [4.78, 5) is 14.0. The van der Waals surface area contributed by atoms with Crippen molar-refractivity contribution in [1.29, 1.82) is 0 Å². The molecule has 1 aliphatic rings. The molecule has 3 nitrogen and oxygen atoms in total. The van der Waals surface area contributed by atoms with Crippen LogP contribution in [0.3, 0.4) is 0 Å². The summed E-state index contributed by atoms with van der Waals surface area (Å²) >= 11 is 0. The first kappa shape index (κ1) is 14.9. The van der Waals surface area contributed by atoms with Gasteiger partial charge in [0, 0.05) is 19.6 Å². The summed E-state index contributed by atoms with van der Waals surface area (Å²) in [5.74, 6) is 0. The molecule has 1 N–H and O–H groups in total. The molecule has 1 saturated carbocycles. The number of nitrogens with one attached hydrogen (secondary N) is 1. The van der Waals surface area contributed by atoms with Crippen LogP contribution in [0, 0.1) is 6.92 Å². The number of urea groups is 1. The first-order valence-corrected chi connectivity index (χ1v) is 7.73. The molecular formula is C17H26N2O. The van der Waals surface area contributed by atoms with E-state index in [1.807, 2.05) is 11.9 Å². The van der Waals surface area contributed by atoms with Crippen LogP contribution in [-0.2, 0) is 6.42 Å². The lowest BCUT2D eigenvalue weighted by atomic mass is 9.95. The van der Waals surface area contributed by atoms with Crippen LogP contribution in [0.5, 0.6) is 0 Å². The third-order valence-corrected chi connectivity index (χ3v) is 4.22. The van der Waals surface area contributed by atoms with E-state index in [1.54, 1.807) is 0 Å². The molecule has 110 valence electrons. The third kappa shape index (κ3) is 4.26. The molecule has 0 spiro atoms. The Balaban J connectivity index is 1.74. The zero-order chi connectivity index (χ0) is 14.4. The number of rotatable bonds is 4. The lowest BCUT2D eigenvalue weighted by molar-refractivity contribution is 0.174. The number of carbonyl (C=O) groups excluding carboxylic acids is 1. The Morgan fingerprint density at radius 1 is 1.30 bits per heavy atom. The smallest absolute Gasteiger partial charge is 0.317 e. The molecule has 2 rings (SSSR count). The van der Waals surface area contributed by atoms with E-state index in [-0.39, 0.29) is 6.03 Å². The Labute approximate surface area is 122 Å². The molecule has 0 radical (unpaired) electrons. The maximum Gasteiger partial charge on any atom is 0.317 e. The molecule has 2 amide bonds. The molecule has 20 heavy (non-hydrogen) atoms. The van der Waals surface area contributed by atoms with Crippen molar-refractivity contribution < 1.29 is 4.79 Å². The average molecular weight is 274 g/mol. The van der Waals surface area contributed by atoms with E-state index in [0.717, 1.165) is 19.3 Å². The molecule has 0 bridgehead atoms. The van der Waals surface area contributed by atoms with E-state index in [0.29, 0.717) is 12.6 Å². The van der Waals surface area contributed by atoms with E-state index in [1.165, 1.54) is 30.4 Å². The largest absolute Gasteiger partial charge is 0.338 e. The highest BCUT2D eigenvalue weighted by atomic mass is 16.2. The first-order chi connectivity index (χ1) is 9.66. The highest BCUT2D eigenvalue weighted by Crippen LogP contribution is 2.21. The SMILES string of the molecule is Cc1cccc(CCNC(=O)N(C)C2CCCCC2)c1. The summed E-state index contributed by atoms with van der Waals surface area (Å²) in [6, 6.07) is 8.97. The van der Waals surface area contributed by atoms with Gasteiger partial charge in [-0.05, 0) is 31.7 Å². The lowest BCUT2D eigenvalue weighted by Crippen LogP contribution is -2.44. The fourth-order valence-electron chi connectivity index (χ4n) is 2.94. The van der Waals surface area contributed by atoms with Crippen LogP contribution in [0.4, 0.5) is 4.79 Å². The van der Waals surface area contributed by atoms with Gasteiger partial charge < -0.3 is 10.2 Å². The van der Waals surface area contributed by atoms with Gasteiger partial charge in [-0.3, -0.25) is 0 Å². The van der Waals surface area contributed by atoms with Gasteiger partial charge in [-0.15, -0.1) is 0 Å². The second-order valence-electron chi connectivity index (χ2n) is 5.87. The predicted molar refractivity (Wildman–Crippen MR) is 82.9 cm³/mol. The minimum absolute atomic E-state index is 0.0737. The van der Waals surface area contributed by atoms with Gasteiger partial charge in [-0.2, -0.15) is 0 Å². The molecular weight excluding hydrogens is 248 g/mol. The zero-order valence-corrected chi connectivity index (χ0v) is 12.7. The van der Waals surface area contributed by atoms with Gasteiger partial charge in [0.05, 0.1) is 0 Å². The van der Waals surface area contributed by atoms with Crippen molar-refractivity contribution in [3.05, 3.63) is 35.4 Å². The fourth-order valence-corrected chi connectivity index (χ4v) is 2.94. The van der Waals surface area contributed by atoms with E-state index >= 15 is 0 Å². The second-order valence-corrected chi connectivity index (χ2v) is 5.87. The molecule has 0 aromatic heterocycles. The van der Waals surface area contributed by atoms with Crippen LogP contribution < -0.4 is 5.32 Å². The fraction of sp³-hybridized carbons (Fsp3) is 0.588. The number of amides is 2. The Kier molecular flexibility index (Phi) is 5.45. The molecule has 1 aliphatic carbocycles. The second kappa shape index (κ2) is 7.32. The van der Waals surface area contributed by atoms with Crippen molar-refractivity contribution in [2.45, 2.75) is 51.5 Å². The number of benzene rings is 1. The molecule has 0 atom stereocenters. The Morgan fingerprint density at radius 2 is 2.05 bits per heavy atom. The van der Waals surface area contributed by atoms with Crippen molar-refractivity contribution in [2.75, 3.05) is 13.6 Å². The van der Waals surface area contributed by atoms with Gasteiger partial charge >= 0.3 is 6.03 Å². The van der Waals surface area contributed by atoms with Crippen LogP contribution in [-0.4, -0.2) is 30.6 Å². The van der Waals surface area contributed by atoms with Gasteiger partial charge in [0.15, 0.2) is 0 Å². The van der Waals surface area contributed by atoms with Crippen molar-refractivity contribution in [2.24, 2.45) is 0 Å². The van der Waals surface area contributed by atoms with Crippen molar-refractivity contribution in [3.8, 4) is 0 Å². The highest BCUT2D eigenvalue weighted by molar-refractivity contribution is 5.74. The quantitative estimate of drug-likeness (QED) is 0.895. The van der Waals surface area contributed by atoms with Crippen LogP contribution in [0.15, 0.2) is 24.3 Å². The van der Waals surface area contributed by atoms with Crippen LogP contribution in [0.1, 0.15) is 43.2 Å². The molecule has 0 saturated heterocycles. The molecule has 1 aromatic carbocycles. The third-order valence-electron chi connectivity index (χ3n) is 4.22. The molecule has 1 aromatic rings. The van der Waals surface area contributed by atoms with E-state index in [2.05, 4.69) is 36.5 Å². The predicted octanol–water partition coefficient (Wildman–Crippen LogP) is 3.51. The molecule has 0 heterocycles. The topological polar surface area (TPSA) is 32.3 Å². The maximum absolute atomic E-state index is 12.1. The van der Waals surface area contributed by atoms with Gasteiger partial charge in [-0.25, -0.2) is 4.79 Å². The van der Waals surface area contributed by atoms with Gasteiger partial charge in [0.1, 0.15) is 0 Å². The standard InChI is InChI=1S/C17H26N2O/c1-14-7-6-8-15(13-14)11-12-18-17(20)19(2)16-9-4-3-5-10-16/h6-8,13,16H,3-5,9-12H2,1-2H3,(H,18,20). The Hall–Kier alpha value is -1.51. The summed E-state index contributed by atoms with van der Waals surface area (Å²) in [5.41, 5.74) is 2.55. The number of hydrogen-bond donors (Lipinski definition) is 1. The van der Waals surface area contributed by atoms with Crippen molar-refractivity contribution in [3.63, 3.8) is 0 Å². The average Bonchev–Trinajstić information content (AvgIpc) is 2.47. The minimum Gasteiger partial charge on any atom is -0.338 e.